The number of hydrogen-bond acceptors (Lipinski definition) is 6. The van der Waals surface area contributed by atoms with Gasteiger partial charge >= 0.3 is 12.2 Å². The summed E-state index contributed by atoms with van der Waals surface area (Å²) in [5.74, 6) is 0.327. The SMILES string of the molecule is [CH2]Cc1cn2ncnc(N)c2c1-c1ccc(NC(=O)Nc2nc(C(F)(F)F)cs2)cc1. The number of halogens is 3. The molecule has 4 rings (SSSR count). The fourth-order valence-electron chi connectivity index (χ4n) is 3.04. The number of hydrogen-bond donors (Lipinski definition) is 3. The van der Waals surface area contributed by atoms with Crippen LogP contribution in [0, 0.1) is 6.92 Å². The standard InChI is InChI=1S/C19H15F3N7OS/c1-2-10-7-29-15(16(23)24-9-25-29)14(10)11-3-5-12(6-4-11)26-17(30)28-18-27-13(8-31-18)19(20,21)22/h3-9H,1-2H2,(H2,23,24,25)(H2,26,27,28,30). The molecule has 0 aliphatic carbocycles. The monoisotopic (exact) mass is 446 g/mol. The number of nitrogen functional groups attached to an aromatic ring is 1. The highest BCUT2D eigenvalue weighted by Crippen LogP contribution is 2.34. The van der Waals surface area contributed by atoms with E-state index in [4.69, 9.17) is 5.73 Å². The summed E-state index contributed by atoms with van der Waals surface area (Å²) >= 11 is 0.688. The van der Waals surface area contributed by atoms with Crippen LogP contribution in [0.3, 0.4) is 0 Å². The Balaban J connectivity index is 1.52. The second-order valence-electron chi connectivity index (χ2n) is 6.41. The number of thiazole rings is 1. The lowest BCUT2D eigenvalue weighted by Crippen LogP contribution is -2.19. The van der Waals surface area contributed by atoms with Crippen LogP contribution in [-0.2, 0) is 12.6 Å². The van der Waals surface area contributed by atoms with Crippen LogP contribution in [0.2, 0.25) is 0 Å². The molecule has 0 saturated heterocycles. The van der Waals surface area contributed by atoms with E-state index in [0.717, 1.165) is 22.1 Å². The molecule has 0 unspecified atom stereocenters. The molecule has 0 saturated carbocycles. The van der Waals surface area contributed by atoms with Crippen molar-refractivity contribution < 1.29 is 18.0 Å². The quantitative estimate of drug-likeness (QED) is 0.428. The lowest BCUT2D eigenvalue weighted by Gasteiger charge is -2.08. The van der Waals surface area contributed by atoms with Gasteiger partial charge in [0.1, 0.15) is 11.8 Å². The summed E-state index contributed by atoms with van der Waals surface area (Å²) in [4.78, 5) is 19.5. The molecule has 31 heavy (non-hydrogen) atoms. The van der Waals surface area contributed by atoms with Crippen molar-refractivity contribution in [1.82, 2.24) is 19.6 Å². The molecule has 4 N–H and O–H groups in total. The van der Waals surface area contributed by atoms with Gasteiger partial charge in [0.15, 0.2) is 16.6 Å². The van der Waals surface area contributed by atoms with Crippen molar-refractivity contribution in [3.63, 3.8) is 0 Å². The van der Waals surface area contributed by atoms with Crippen LogP contribution in [0.1, 0.15) is 11.3 Å². The third-order valence-corrected chi connectivity index (χ3v) is 5.15. The molecule has 0 fully saturated rings. The van der Waals surface area contributed by atoms with Crippen LogP contribution >= 0.6 is 11.3 Å². The smallest absolute Gasteiger partial charge is 0.382 e. The number of rotatable bonds is 4. The summed E-state index contributed by atoms with van der Waals surface area (Å²) in [6, 6.07) is 6.17. The third kappa shape index (κ3) is 4.14. The van der Waals surface area contributed by atoms with Gasteiger partial charge in [0.2, 0.25) is 0 Å². The minimum Gasteiger partial charge on any atom is -0.382 e. The van der Waals surface area contributed by atoms with Gasteiger partial charge in [0.05, 0.1) is 0 Å². The Hall–Kier alpha value is -3.67. The number of nitrogens with one attached hydrogen (secondary N) is 2. The maximum atomic E-state index is 12.6. The zero-order valence-electron chi connectivity index (χ0n) is 15.8. The van der Waals surface area contributed by atoms with Gasteiger partial charge in [0.25, 0.3) is 0 Å². The first kappa shape index (κ1) is 20.6. The molecule has 1 radical (unpaired) electrons. The number of urea groups is 1. The topological polar surface area (TPSA) is 110 Å². The molecule has 1 aromatic carbocycles. The van der Waals surface area contributed by atoms with Gasteiger partial charge in [-0.1, -0.05) is 12.1 Å². The van der Waals surface area contributed by atoms with Crippen molar-refractivity contribution in [3.8, 4) is 11.1 Å². The maximum Gasteiger partial charge on any atom is 0.434 e. The van der Waals surface area contributed by atoms with Crippen molar-refractivity contribution >= 4 is 39.5 Å². The van der Waals surface area contributed by atoms with E-state index in [-0.39, 0.29) is 5.13 Å². The Kier molecular flexibility index (Phi) is 5.23. The number of fused-ring (bicyclic) bond motifs is 1. The first-order valence-electron chi connectivity index (χ1n) is 8.87. The number of benzene rings is 1. The summed E-state index contributed by atoms with van der Waals surface area (Å²) < 4.78 is 39.5. The normalized spacial score (nSPS) is 11.6. The van der Waals surface area contributed by atoms with Gasteiger partial charge in [-0.15, -0.1) is 11.3 Å². The van der Waals surface area contributed by atoms with Crippen LogP contribution in [0.5, 0.6) is 0 Å². The van der Waals surface area contributed by atoms with Gasteiger partial charge in [-0.25, -0.2) is 19.3 Å². The number of anilines is 3. The molecule has 0 atom stereocenters. The fourth-order valence-corrected chi connectivity index (χ4v) is 3.75. The molecule has 3 aromatic heterocycles. The van der Waals surface area contributed by atoms with Gasteiger partial charge < -0.3 is 11.1 Å². The largest absolute Gasteiger partial charge is 0.434 e. The minimum atomic E-state index is -4.56. The van der Waals surface area contributed by atoms with Crippen molar-refractivity contribution in [2.45, 2.75) is 12.6 Å². The lowest BCUT2D eigenvalue weighted by atomic mass is 10.0. The van der Waals surface area contributed by atoms with Crippen LogP contribution in [-0.4, -0.2) is 25.6 Å². The Morgan fingerprint density at radius 1 is 1.23 bits per heavy atom. The molecule has 8 nitrogen and oxygen atoms in total. The van der Waals surface area contributed by atoms with E-state index in [1.54, 1.807) is 28.8 Å². The molecule has 0 aliphatic heterocycles. The van der Waals surface area contributed by atoms with Crippen molar-refractivity contribution in [3.05, 3.63) is 60.4 Å². The predicted molar refractivity (Wildman–Crippen MR) is 112 cm³/mol. The van der Waals surface area contributed by atoms with E-state index < -0.39 is 17.9 Å². The Morgan fingerprint density at radius 3 is 2.61 bits per heavy atom. The van der Waals surface area contributed by atoms with E-state index >= 15 is 0 Å². The highest BCUT2D eigenvalue weighted by atomic mass is 32.1. The Morgan fingerprint density at radius 2 is 1.97 bits per heavy atom. The Bertz CT molecular complexity index is 1250. The number of nitrogens with zero attached hydrogens (tertiary/aromatic N) is 4. The number of amides is 2. The van der Waals surface area contributed by atoms with Gasteiger partial charge in [-0.3, -0.25) is 5.32 Å². The molecular formula is C19H15F3N7OS. The van der Waals surface area contributed by atoms with Crippen molar-refractivity contribution in [2.75, 3.05) is 16.4 Å². The number of alkyl halides is 3. The van der Waals surface area contributed by atoms with E-state index in [9.17, 15) is 18.0 Å². The second kappa shape index (κ2) is 7.87. The second-order valence-corrected chi connectivity index (χ2v) is 7.27. The summed E-state index contributed by atoms with van der Waals surface area (Å²) in [5, 5.41) is 9.69. The molecule has 0 spiro atoms. The summed E-state index contributed by atoms with van der Waals surface area (Å²) in [7, 11) is 0. The van der Waals surface area contributed by atoms with Crippen LogP contribution in [0.15, 0.2) is 42.2 Å². The van der Waals surface area contributed by atoms with Crippen LogP contribution < -0.4 is 16.4 Å². The van der Waals surface area contributed by atoms with Crippen molar-refractivity contribution in [1.29, 1.82) is 0 Å². The summed E-state index contributed by atoms with van der Waals surface area (Å²) in [6.45, 7) is 3.94. The number of aromatic nitrogens is 4. The van der Waals surface area contributed by atoms with Gasteiger partial charge in [-0.2, -0.15) is 18.3 Å². The highest BCUT2D eigenvalue weighted by molar-refractivity contribution is 7.14. The molecule has 2 amide bonds. The Labute approximate surface area is 177 Å². The van der Waals surface area contributed by atoms with Crippen LogP contribution in [0.4, 0.5) is 34.6 Å². The minimum absolute atomic E-state index is 0.155. The zero-order valence-corrected chi connectivity index (χ0v) is 16.6. The van der Waals surface area contributed by atoms with E-state index in [2.05, 4.69) is 32.6 Å². The number of carbonyl (C=O) groups is 1. The average molecular weight is 446 g/mol. The predicted octanol–water partition coefficient (Wildman–Crippen LogP) is 4.47. The van der Waals surface area contributed by atoms with Gasteiger partial charge in [0, 0.05) is 22.8 Å². The molecule has 0 aliphatic rings. The molecule has 12 heteroatoms. The maximum absolute atomic E-state index is 12.6. The molecule has 0 bridgehead atoms. The lowest BCUT2D eigenvalue weighted by molar-refractivity contribution is -0.140. The van der Waals surface area contributed by atoms with Gasteiger partial charge in [-0.05, 0) is 36.6 Å². The molecule has 3 heterocycles. The summed E-state index contributed by atoms with van der Waals surface area (Å²) in [6.07, 6.45) is -0.856. The zero-order chi connectivity index (χ0) is 22.2. The number of nitrogens with two attached hydrogens (primary N) is 1. The molecule has 159 valence electrons. The molecule has 4 aromatic rings. The first-order valence-corrected chi connectivity index (χ1v) is 9.75. The molecular weight excluding hydrogens is 431 g/mol. The van der Waals surface area contributed by atoms with E-state index in [0.29, 0.717) is 34.8 Å². The summed E-state index contributed by atoms with van der Waals surface area (Å²) in [5.41, 5.74) is 8.66. The third-order valence-electron chi connectivity index (χ3n) is 4.40. The number of carbonyl (C=O) groups excluding carboxylic acids is 1. The highest BCUT2D eigenvalue weighted by Gasteiger charge is 2.33. The average Bonchev–Trinajstić information content (AvgIpc) is 3.33. The fraction of sp³-hybridized carbons (Fsp3) is 0.105. The van der Waals surface area contributed by atoms with E-state index in [1.807, 2.05) is 6.20 Å². The first-order chi connectivity index (χ1) is 14.8. The van der Waals surface area contributed by atoms with Crippen molar-refractivity contribution in [2.24, 2.45) is 0 Å². The van der Waals surface area contributed by atoms with Crippen LogP contribution in [0.25, 0.3) is 16.6 Å². The van der Waals surface area contributed by atoms with E-state index in [1.165, 1.54) is 6.33 Å².